The van der Waals surface area contributed by atoms with Crippen molar-refractivity contribution in [3.05, 3.63) is 104 Å². The number of aromatic nitrogens is 2. The van der Waals surface area contributed by atoms with Crippen molar-refractivity contribution < 1.29 is 19.1 Å². The number of rotatable bonds is 7. The normalized spacial score (nSPS) is 10.7. The van der Waals surface area contributed by atoms with E-state index in [9.17, 15) is 23.2 Å². The smallest absolute Gasteiger partial charge is 0.261 e. The molecule has 4 N–H and O–H groups in total. The predicted molar refractivity (Wildman–Crippen MR) is 136 cm³/mol. The molecule has 10 heteroatoms. The van der Waals surface area contributed by atoms with Gasteiger partial charge in [-0.05, 0) is 56.3 Å². The van der Waals surface area contributed by atoms with Crippen molar-refractivity contribution in [3.63, 3.8) is 0 Å². The van der Waals surface area contributed by atoms with Crippen LogP contribution in [0.3, 0.4) is 0 Å². The number of hydrogen-bond donors (Lipinski definition) is 2. The molecule has 36 heavy (non-hydrogen) atoms. The number of aromatic amines is 1. The number of benzene rings is 2. The van der Waals surface area contributed by atoms with Crippen molar-refractivity contribution in [1.29, 1.82) is 0 Å². The second-order valence-corrected chi connectivity index (χ2v) is 7.96. The van der Waals surface area contributed by atoms with Crippen LogP contribution in [-0.4, -0.2) is 34.0 Å². The minimum absolute atomic E-state index is 0. The average molecular weight is 497 g/mol. The van der Waals surface area contributed by atoms with Crippen LogP contribution in [0.2, 0.25) is 0 Å². The van der Waals surface area contributed by atoms with E-state index in [2.05, 4.69) is 15.2 Å². The number of carbonyl (C=O) groups excluding carboxylic acids is 1. The van der Waals surface area contributed by atoms with Crippen LogP contribution in [0, 0.1) is 11.6 Å². The van der Waals surface area contributed by atoms with Gasteiger partial charge in [0.15, 0.2) is 0 Å². The molecule has 2 heterocycles. The van der Waals surface area contributed by atoms with E-state index in [1.807, 2.05) is 26.0 Å². The third kappa shape index (κ3) is 5.18. The second-order valence-electron chi connectivity index (χ2n) is 7.96. The van der Waals surface area contributed by atoms with Crippen LogP contribution in [0.25, 0.3) is 11.0 Å². The first-order valence-electron chi connectivity index (χ1n) is 11.2. The Morgan fingerprint density at radius 2 is 1.61 bits per heavy atom. The summed E-state index contributed by atoms with van der Waals surface area (Å²) < 4.78 is 30.0. The molecule has 1 amide bonds. The van der Waals surface area contributed by atoms with Gasteiger partial charge in [0, 0.05) is 42.3 Å². The Hall–Kier alpha value is -4.31. The Morgan fingerprint density at radius 3 is 2.22 bits per heavy atom. The van der Waals surface area contributed by atoms with Crippen LogP contribution >= 0.6 is 0 Å². The first-order chi connectivity index (χ1) is 16.8. The summed E-state index contributed by atoms with van der Waals surface area (Å²) >= 11 is 0. The van der Waals surface area contributed by atoms with E-state index in [1.54, 1.807) is 12.1 Å². The molecule has 2 aromatic heterocycles. The van der Waals surface area contributed by atoms with Crippen molar-refractivity contribution in [3.8, 4) is 0 Å². The minimum Gasteiger partial charge on any atom is -0.412 e. The Balaban J connectivity index is 0.00000361. The monoisotopic (exact) mass is 496 g/mol. The fraction of sp³-hybridized carbons (Fsp3) is 0.192. The van der Waals surface area contributed by atoms with Gasteiger partial charge in [-0.3, -0.25) is 14.4 Å². The van der Waals surface area contributed by atoms with E-state index < -0.39 is 28.5 Å². The van der Waals surface area contributed by atoms with Gasteiger partial charge in [-0.1, -0.05) is 6.07 Å². The molecule has 0 bridgehead atoms. The molecule has 0 fully saturated rings. The molecule has 4 rings (SSSR count). The summed E-state index contributed by atoms with van der Waals surface area (Å²) in [6, 6.07) is 13.2. The number of carbonyl (C=O) groups is 1. The van der Waals surface area contributed by atoms with Crippen molar-refractivity contribution >= 4 is 28.3 Å². The van der Waals surface area contributed by atoms with Gasteiger partial charge >= 0.3 is 0 Å². The molecule has 188 valence electrons. The molecule has 0 radical (unpaired) electrons. The average Bonchev–Trinajstić information content (AvgIpc) is 2.84. The van der Waals surface area contributed by atoms with Crippen LogP contribution in [0.4, 0.5) is 20.2 Å². The van der Waals surface area contributed by atoms with Crippen LogP contribution in [0.15, 0.2) is 70.4 Å². The largest absolute Gasteiger partial charge is 0.412 e. The van der Waals surface area contributed by atoms with Gasteiger partial charge in [0.1, 0.15) is 22.7 Å². The van der Waals surface area contributed by atoms with Crippen LogP contribution in [0.1, 0.15) is 29.8 Å². The van der Waals surface area contributed by atoms with Crippen molar-refractivity contribution in [1.82, 2.24) is 9.55 Å². The maximum atomic E-state index is 14.3. The molecule has 0 saturated heterocycles. The summed E-state index contributed by atoms with van der Waals surface area (Å²) in [7, 11) is 0. The quantitative estimate of drug-likeness (QED) is 0.408. The maximum absolute atomic E-state index is 14.3. The fourth-order valence-electron chi connectivity index (χ4n) is 3.99. The number of halogens is 2. The summed E-state index contributed by atoms with van der Waals surface area (Å²) in [4.78, 5) is 42.6. The van der Waals surface area contributed by atoms with E-state index in [1.165, 1.54) is 29.0 Å². The standard InChI is InChI=1S/C26H24F2N4O3.H2O/c1-3-31(4-2)17-10-8-16(9-11-17)29-26(35)19-15-32(14-18-20(27)6-5-7-21(18)28)22-12-13-23(33)30-24(22)25(19)34;/h5-13,15H,3-4,14H2,1-2H3,(H,29,35)(H,30,33);1H2. The van der Waals surface area contributed by atoms with Gasteiger partial charge in [0.25, 0.3) is 5.91 Å². The highest BCUT2D eigenvalue weighted by Gasteiger charge is 2.18. The summed E-state index contributed by atoms with van der Waals surface area (Å²) in [5, 5.41) is 2.68. The van der Waals surface area contributed by atoms with Gasteiger partial charge in [0.2, 0.25) is 11.0 Å². The molecular weight excluding hydrogens is 470 g/mol. The number of fused-ring (bicyclic) bond motifs is 1. The van der Waals surface area contributed by atoms with E-state index in [4.69, 9.17) is 0 Å². The third-order valence-corrected chi connectivity index (χ3v) is 5.85. The summed E-state index contributed by atoms with van der Waals surface area (Å²) in [5.74, 6) is -2.24. The number of nitrogens with zero attached hydrogens (tertiary/aromatic N) is 2. The lowest BCUT2D eigenvalue weighted by Gasteiger charge is -2.21. The van der Waals surface area contributed by atoms with E-state index in [0.29, 0.717) is 5.69 Å². The number of pyridine rings is 2. The first-order valence-corrected chi connectivity index (χ1v) is 11.2. The molecule has 4 aromatic rings. The number of anilines is 2. The Kier molecular flexibility index (Phi) is 8.00. The van der Waals surface area contributed by atoms with Crippen molar-refractivity contribution in [2.24, 2.45) is 0 Å². The Morgan fingerprint density at radius 1 is 0.972 bits per heavy atom. The summed E-state index contributed by atoms with van der Waals surface area (Å²) in [5.41, 5.74) is -0.172. The second kappa shape index (κ2) is 11.0. The zero-order valence-electron chi connectivity index (χ0n) is 19.8. The van der Waals surface area contributed by atoms with Crippen LogP contribution in [-0.2, 0) is 6.54 Å². The highest BCUT2D eigenvalue weighted by Crippen LogP contribution is 2.20. The predicted octanol–water partition coefficient (Wildman–Crippen LogP) is 3.29. The highest BCUT2D eigenvalue weighted by molar-refractivity contribution is 6.05. The molecule has 0 atom stereocenters. The van der Waals surface area contributed by atoms with Gasteiger partial charge in [0.05, 0.1) is 12.1 Å². The molecule has 0 aliphatic rings. The van der Waals surface area contributed by atoms with Crippen LogP contribution < -0.4 is 21.2 Å². The molecule has 0 unspecified atom stereocenters. The topological polar surface area (TPSA) is 119 Å². The lowest BCUT2D eigenvalue weighted by atomic mass is 10.1. The zero-order chi connectivity index (χ0) is 25.1. The zero-order valence-corrected chi connectivity index (χ0v) is 19.8. The Labute approximate surface area is 205 Å². The van der Waals surface area contributed by atoms with E-state index in [0.717, 1.165) is 30.9 Å². The van der Waals surface area contributed by atoms with Gasteiger partial charge in [-0.25, -0.2) is 8.78 Å². The summed E-state index contributed by atoms with van der Waals surface area (Å²) in [6.45, 7) is 5.46. The number of H-pyrrole nitrogens is 1. The number of hydrogen-bond acceptors (Lipinski definition) is 4. The number of amides is 1. The van der Waals surface area contributed by atoms with Gasteiger partial charge < -0.3 is 25.2 Å². The third-order valence-electron chi connectivity index (χ3n) is 5.85. The molecule has 0 saturated carbocycles. The molecule has 0 aliphatic carbocycles. The lowest BCUT2D eigenvalue weighted by molar-refractivity contribution is 0.102. The Bertz CT molecular complexity index is 1490. The number of nitrogens with one attached hydrogen (secondary N) is 2. The van der Waals surface area contributed by atoms with E-state index in [-0.39, 0.29) is 34.2 Å². The van der Waals surface area contributed by atoms with Crippen LogP contribution in [0.5, 0.6) is 0 Å². The van der Waals surface area contributed by atoms with Gasteiger partial charge in [-0.2, -0.15) is 0 Å². The minimum atomic E-state index is -0.763. The molecule has 0 aliphatic heterocycles. The SMILES string of the molecule is CCN(CC)c1ccc(NC(=O)c2cn(Cc3c(F)cccc3F)c3ccc(=O)[nH]c3c2=O)cc1.O. The fourth-order valence-corrected chi connectivity index (χ4v) is 3.99. The molecular formula is C26H26F2N4O4. The maximum Gasteiger partial charge on any atom is 0.261 e. The first kappa shape index (κ1) is 26.3. The van der Waals surface area contributed by atoms with Crippen molar-refractivity contribution in [2.45, 2.75) is 20.4 Å². The molecule has 8 nitrogen and oxygen atoms in total. The lowest BCUT2D eigenvalue weighted by Crippen LogP contribution is -2.26. The highest BCUT2D eigenvalue weighted by atomic mass is 19.1. The van der Waals surface area contributed by atoms with Gasteiger partial charge in [-0.15, -0.1) is 0 Å². The van der Waals surface area contributed by atoms with E-state index >= 15 is 0 Å². The van der Waals surface area contributed by atoms with Crippen molar-refractivity contribution in [2.75, 3.05) is 23.3 Å². The molecule has 2 aromatic carbocycles. The molecule has 0 spiro atoms. The summed E-state index contributed by atoms with van der Waals surface area (Å²) in [6.07, 6.45) is 1.24.